The van der Waals surface area contributed by atoms with Gasteiger partial charge in [-0.05, 0) is 30.2 Å². The Balaban J connectivity index is 1.73. The number of nitrogens with one attached hydrogen (secondary N) is 1. The Morgan fingerprint density at radius 2 is 2.00 bits per heavy atom. The maximum absolute atomic E-state index is 12.3. The maximum atomic E-state index is 12.3. The van der Waals surface area contributed by atoms with E-state index in [0.29, 0.717) is 17.9 Å². The second-order valence-electron chi connectivity index (χ2n) is 5.39. The molecule has 0 radical (unpaired) electrons. The quantitative estimate of drug-likeness (QED) is 0.944. The summed E-state index contributed by atoms with van der Waals surface area (Å²) in [4.78, 5) is 26.0. The van der Waals surface area contributed by atoms with Crippen LogP contribution in [0, 0.1) is 0 Å². The first-order chi connectivity index (χ1) is 11.2. The van der Waals surface area contributed by atoms with Crippen LogP contribution in [0.3, 0.4) is 0 Å². The van der Waals surface area contributed by atoms with Crippen LogP contribution in [0.1, 0.15) is 12.0 Å². The summed E-state index contributed by atoms with van der Waals surface area (Å²) in [6, 6.07) is 14.8. The lowest BCUT2D eigenvalue weighted by atomic mass is 10.0. The first-order valence-electron chi connectivity index (χ1n) is 7.49. The van der Waals surface area contributed by atoms with E-state index in [-0.39, 0.29) is 18.4 Å². The Morgan fingerprint density at radius 1 is 1.17 bits per heavy atom. The number of rotatable bonds is 4. The van der Waals surface area contributed by atoms with Crippen molar-refractivity contribution in [2.75, 3.05) is 23.9 Å². The molecule has 0 atom stereocenters. The number of anilines is 2. The van der Waals surface area contributed by atoms with Crippen molar-refractivity contribution in [1.82, 2.24) is 0 Å². The van der Waals surface area contributed by atoms with Gasteiger partial charge in [-0.1, -0.05) is 24.3 Å². The van der Waals surface area contributed by atoms with Crippen molar-refractivity contribution in [2.24, 2.45) is 0 Å². The summed E-state index contributed by atoms with van der Waals surface area (Å²) in [7, 11) is 1.57. The van der Waals surface area contributed by atoms with Crippen molar-refractivity contribution in [1.29, 1.82) is 0 Å². The molecule has 1 aliphatic heterocycles. The molecule has 1 aliphatic rings. The number of methoxy groups -OCH3 is 1. The highest BCUT2D eigenvalue weighted by atomic mass is 16.5. The lowest BCUT2D eigenvalue weighted by Gasteiger charge is -2.28. The molecule has 0 aliphatic carbocycles. The number of hydrogen-bond donors (Lipinski definition) is 1. The normalized spacial score (nSPS) is 13.4. The van der Waals surface area contributed by atoms with Gasteiger partial charge in [0.15, 0.2) is 0 Å². The third-order valence-electron chi connectivity index (χ3n) is 3.85. The van der Waals surface area contributed by atoms with Gasteiger partial charge >= 0.3 is 0 Å². The molecule has 0 unspecified atom stereocenters. The topological polar surface area (TPSA) is 58.6 Å². The van der Waals surface area contributed by atoms with E-state index < -0.39 is 0 Å². The van der Waals surface area contributed by atoms with Gasteiger partial charge in [-0.3, -0.25) is 9.59 Å². The minimum Gasteiger partial charge on any atom is -0.497 e. The van der Waals surface area contributed by atoms with Crippen molar-refractivity contribution < 1.29 is 14.3 Å². The Hall–Kier alpha value is -2.82. The fourth-order valence-corrected chi connectivity index (χ4v) is 2.71. The van der Waals surface area contributed by atoms with E-state index in [0.717, 1.165) is 17.7 Å². The number of amides is 2. The standard InChI is InChI=1S/C18H18N2O3/c1-23-15-7-4-6-14(11-15)19-17(21)12-20-16-8-3-2-5-13(16)9-10-18(20)22/h2-8,11H,9-10,12H2,1H3,(H,19,21). The second-order valence-corrected chi connectivity index (χ2v) is 5.39. The Bertz CT molecular complexity index is 743. The van der Waals surface area contributed by atoms with Crippen molar-refractivity contribution in [3.05, 3.63) is 54.1 Å². The summed E-state index contributed by atoms with van der Waals surface area (Å²) in [5.74, 6) is 0.412. The third-order valence-corrected chi connectivity index (χ3v) is 3.85. The van der Waals surface area contributed by atoms with E-state index in [1.807, 2.05) is 24.3 Å². The maximum Gasteiger partial charge on any atom is 0.244 e. The zero-order valence-corrected chi connectivity index (χ0v) is 12.9. The number of hydrogen-bond acceptors (Lipinski definition) is 3. The second kappa shape index (κ2) is 6.52. The first-order valence-corrected chi connectivity index (χ1v) is 7.49. The van der Waals surface area contributed by atoms with Gasteiger partial charge in [-0.15, -0.1) is 0 Å². The molecule has 0 saturated heterocycles. The van der Waals surface area contributed by atoms with Gasteiger partial charge in [-0.2, -0.15) is 0 Å². The molecule has 2 aromatic carbocycles. The molecule has 0 spiro atoms. The van der Waals surface area contributed by atoms with E-state index in [4.69, 9.17) is 4.74 Å². The van der Waals surface area contributed by atoms with E-state index in [1.54, 1.807) is 36.3 Å². The van der Waals surface area contributed by atoms with Crippen LogP contribution in [0.15, 0.2) is 48.5 Å². The highest BCUT2D eigenvalue weighted by Crippen LogP contribution is 2.27. The van der Waals surface area contributed by atoms with E-state index in [2.05, 4.69) is 5.32 Å². The average Bonchev–Trinajstić information content (AvgIpc) is 2.57. The van der Waals surface area contributed by atoms with Gasteiger partial charge in [0.05, 0.1) is 7.11 Å². The molecule has 118 valence electrons. The fraction of sp³-hybridized carbons (Fsp3) is 0.222. The van der Waals surface area contributed by atoms with Crippen LogP contribution in [0.5, 0.6) is 5.75 Å². The summed E-state index contributed by atoms with van der Waals surface area (Å²) in [5, 5.41) is 2.80. The molecule has 0 saturated carbocycles. The Labute approximate surface area is 134 Å². The van der Waals surface area contributed by atoms with Crippen LogP contribution < -0.4 is 15.0 Å². The van der Waals surface area contributed by atoms with Crippen LogP contribution in [0.4, 0.5) is 11.4 Å². The van der Waals surface area contributed by atoms with Crippen LogP contribution >= 0.6 is 0 Å². The van der Waals surface area contributed by atoms with Gasteiger partial charge in [-0.25, -0.2) is 0 Å². The van der Waals surface area contributed by atoms with Gasteiger partial charge in [0.25, 0.3) is 0 Å². The molecule has 1 heterocycles. The minimum atomic E-state index is -0.233. The number of carbonyl (C=O) groups excluding carboxylic acids is 2. The lowest BCUT2D eigenvalue weighted by molar-refractivity contribution is -0.121. The summed E-state index contributed by atoms with van der Waals surface area (Å²) in [6.45, 7) is 0.00700. The van der Waals surface area contributed by atoms with E-state index in [1.165, 1.54) is 0 Å². The molecular formula is C18H18N2O3. The monoisotopic (exact) mass is 310 g/mol. The number of ether oxygens (including phenoxy) is 1. The number of carbonyl (C=O) groups is 2. The molecule has 5 nitrogen and oxygen atoms in total. The Kier molecular flexibility index (Phi) is 4.28. The zero-order valence-electron chi connectivity index (χ0n) is 12.9. The molecular weight excluding hydrogens is 292 g/mol. The van der Waals surface area contributed by atoms with Crippen LogP contribution in [-0.4, -0.2) is 25.5 Å². The average molecular weight is 310 g/mol. The van der Waals surface area contributed by atoms with E-state index >= 15 is 0 Å². The molecule has 5 heteroatoms. The largest absolute Gasteiger partial charge is 0.497 e. The van der Waals surface area contributed by atoms with Gasteiger partial charge in [0, 0.05) is 23.9 Å². The lowest BCUT2D eigenvalue weighted by Crippen LogP contribution is -2.40. The zero-order chi connectivity index (χ0) is 16.2. The van der Waals surface area contributed by atoms with Crippen LogP contribution in [-0.2, 0) is 16.0 Å². The van der Waals surface area contributed by atoms with Crippen molar-refractivity contribution in [3.63, 3.8) is 0 Å². The van der Waals surface area contributed by atoms with Crippen LogP contribution in [0.2, 0.25) is 0 Å². The molecule has 0 aromatic heterocycles. The smallest absolute Gasteiger partial charge is 0.244 e. The molecule has 23 heavy (non-hydrogen) atoms. The van der Waals surface area contributed by atoms with Gasteiger partial charge < -0.3 is 15.0 Å². The number of aryl methyl sites for hydroxylation is 1. The summed E-state index contributed by atoms with van der Waals surface area (Å²) in [6.07, 6.45) is 1.16. The molecule has 0 bridgehead atoms. The predicted octanol–water partition coefficient (Wildman–Crippen LogP) is 2.61. The molecule has 1 N–H and O–H groups in total. The number of para-hydroxylation sites is 1. The van der Waals surface area contributed by atoms with Crippen molar-refractivity contribution >= 4 is 23.2 Å². The predicted molar refractivity (Wildman–Crippen MR) is 88.7 cm³/mol. The number of nitrogens with zero attached hydrogens (tertiary/aromatic N) is 1. The van der Waals surface area contributed by atoms with Gasteiger partial charge in [0.1, 0.15) is 12.3 Å². The molecule has 2 amide bonds. The van der Waals surface area contributed by atoms with Crippen molar-refractivity contribution in [2.45, 2.75) is 12.8 Å². The minimum absolute atomic E-state index is 0.00700. The van der Waals surface area contributed by atoms with E-state index in [9.17, 15) is 9.59 Å². The van der Waals surface area contributed by atoms with Crippen molar-refractivity contribution in [3.8, 4) is 5.75 Å². The first kappa shape index (κ1) is 15.1. The van der Waals surface area contributed by atoms with Gasteiger partial charge in [0.2, 0.25) is 11.8 Å². The summed E-state index contributed by atoms with van der Waals surface area (Å²) < 4.78 is 5.13. The third kappa shape index (κ3) is 3.34. The summed E-state index contributed by atoms with van der Waals surface area (Å²) >= 11 is 0. The number of benzene rings is 2. The highest BCUT2D eigenvalue weighted by Gasteiger charge is 2.25. The van der Waals surface area contributed by atoms with Crippen LogP contribution in [0.25, 0.3) is 0 Å². The fourth-order valence-electron chi connectivity index (χ4n) is 2.71. The summed E-state index contributed by atoms with van der Waals surface area (Å²) in [5.41, 5.74) is 2.57. The SMILES string of the molecule is COc1cccc(NC(=O)CN2C(=O)CCc3ccccc32)c1. The molecule has 2 aromatic rings. The molecule has 0 fully saturated rings. The number of fused-ring (bicyclic) bond motifs is 1. The molecule has 3 rings (SSSR count). The Morgan fingerprint density at radius 3 is 2.83 bits per heavy atom. The highest BCUT2D eigenvalue weighted by molar-refractivity contribution is 6.04.